The summed E-state index contributed by atoms with van der Waals surface area (Å²) in [6.45, 7) is 4.91. The van der Waals surface area contributed by atoms with Crippen molar-refractivity contribution in [2.75, 3.05) is 0 Å². The Morgan fingerprint density at radius 2 is 0.931 bits per heavy atom. The third-order valence-electron chi connectivity index (χ3n) is 9.60. The van der Waals surface area contributed by atoms with Gasteiger partial charge < -0.3 is 0 Å². The van der Waals surface area contributed by atoms with Crippen molar-refractivity contribution in [3.63, 3.8) is 0 Å². The van der Waals surface area contributed by atoms with Crippen molar-refractivity contribution >= 4 is 0 Å². The Kier molecular flexibility index (Phi) is 10.9. The molecule has 4 aliphatic rings. The molecule has 0 heteroatoms. The van der Waals surface area contributed by atoms with Crippen LogP contribution in [0.3, 0.4) is 0 Å². The summed E-state index contributed by atoms with van der Waals surface area (Å²) in [4.78, 5) is 0. The van der Waals surface area contributed by atoms with Crippen LogP contribution in [0.25, 0.3) is 0 Å². The van der Waals surface area contributed by atoms with Crippen LogP contribution in [0, 0.1) is 35.5 Å². The fourth-order valence-corrected chi connectivity index (χ4v) is 7.67. The maximum absolute atomic E-state index is 2.59. The normalized spacial score (nSPS) is 33.9. The smallest absolute Gasteiger partial charge is 0.0357 e. The molecule has 0 aliphatic heterocycles. The third-order valence-corrected chi connectivity index (χ3v) is 9.60. The maximum atomic E-state index is 2.59. The quantitative estimate of drug-likeness (QED) is 0.440. The second-order valence-corrected chi connectivity index (χ2v) is 11.6. The Labute approximate surface area is 184 Å². The summed E-state index contributed by atoms with van der Waals surface area (Å²) < 4.78 is 0. The first-order valence-corrected chi connectivity index (χ1v) is 14.3. The molecule has 4 fully saturated rings. The molecule has 0 N–H and O–H groups in total. The maximum Gasteiger partial charge on any atom is -0.0357 e. The van der Waals surface area contributed by atoms with Gasteiger partial charge in [0.1, 0.15) is 0 Å². The zero-order chi connectivity index (χ0) is 20.3. The highest BCUT2D eigenvalue weighted by molar-refractivity contribution is 4.89. The first-order valence-electron chi connectivity index (χ1n) is 14.3. The molecule has 0 nitrogen and oxygen atoms in total. The monoisotopic (exact) mass is 402 g/mol. The third kappa shape index (κ3) is 7.88. The van der Waals surface area contributed by atoms with Crippen LogP contribution in [-0.4, -0.2) is 0 Å². The highest BCUT2D eigenvalue weighted by Gasteiger charge is 2.39. The van der Waals surface area contributed by atoms with E-state index in [0.29, 0.717) is 0 Å². The zero-order valence-electron chi connectivity index (χ0n) is 20.3. The van der Waals surface area contributed by atoms with Crippen molar-refractivity contribution in [1.82, 2.24) is 0 Å². The zero-order valence-corrected chi connectivity index (χ0v) is 20.3. The van der Waals surface area contributed by atoms with Crippen LogP contribution in [-0.2, 0) is 0 Å². The standard InChI is InChI=1S/C21H38.C8H16/c1-17-15-20(16-21(17)19-13-9-6-10-14-19)18-11-7-4-2-3-5-8-12-18;1-2-8-6-4-3-5-7-8/h17-21H,2-16H2,1H3;8H,2-7H2,1H3. The molecule has 0 amide bonds. The van der Waals surface area contributed by atoms with E-state index in [4.69, 9.17) is 0 Å². The topological polar surface area (TPSA) is 0 Å². The van der Waals surface area contributed by atoms with Crippen LogP contribution < -0.4 is 0 Å². The largest absolute Gasteiger partial charge is 0.0651 e. The number of rotatable bonds is 3. The highest BCUT2D eigenvalue weighted by Crippen LogP contribution is 2.49. The lowest BCUT2D eigenvalue weighted by atomic mass is 9.75. The van der Waals surface area contributed by atoms with Gasteiger partial charge in [-0.05, 0) is 48.3 Å². The second kappa shape index (κ2) is 13.4. The van der Waals surface area contributed by atoms with Gasteiger partial charge in [-0.2, -0.15) is 0 Å². The van der Waals surface area contributed by atoms with E-state index in [1.54, 1.807) is 38.5 Å². The molecule has 170 valence electrons. The SMILES string of the molecule is CC1CC(C2CCCCCCCC2)CC1C1CCCCC1.CCC1CCCCC1. The molecule has 0 aromatic rings. The summed E-state index contributed by atoms with van der Waals surface area (Å²) in [5, 5.41) is 0. The molecule has 0 spiro atoms. The molecule has 0 bridgehead atoms. The molecular weight excluding hydrogens is 348 g/mol. The molecule has 29 heavy (non-hydrogen) atoms. The fraction of sp³-hybridized carbons (Fsp3) is 1.00. The van der Waals surface area contributed by atoms with E-state index in [0.717, 1.165) is 35.5 Å². The Morgan fingerprint density at radius 3 is 1.45 bits per heavy atom. The van der Waals surface area contributed by atoms with Crippen molar-refractivity contribution in [3.8, 4) is 0 Å². The van der Waals surface area contributed by atoms with Gasteiger partial charge in [-0.25, -0.2) is 0 Å². The van der Waals surface area contributed by atoms with Crippen LogP contribution in [0.2, 0.25) is 0 Å². The molecule has 0 saturated heterocycles. The predicted octanol–water partition coefficient (Wildman–Crippen LogP) is 9.96. The number of hydrogen-bond donors (Lipinski definition) is 0. The van der Waals surface area contributed by atoms with Crippen LogP contribution in [0.4, 0.5) is 0 Å². The van der Waals surface area contributed by atoms with Crippen LogP contribution in [0.15, 0.2) is 0 Å². The van der Waals surface area contributed by atoms with Gasteiger partial charge in [0.15, 0.2) is 0 Å². The van der Waals surface area contributed by atoms with Gasteiger partial charge in [-0.3, -0.25) is 0 Å². The Bertz CT molecular complexity index is 390. The van der Waals surface area contributed by atoms with E-state index in [9.17, 15) is 0 Å². The Hall–Kier alpha value is 0. The lowest BCUT2D eigenvalue weighted by Gasteiger charge is -2.30. The van der Waals surface area contributed by atoms with E-state index in [1.165, 1.54) is 96.3 Å². The highest BCUT2D eigenvalue weighted by atomic mass is 14.4. The Balaban J connectivity index is 0.000000252. The summed E-state index contributed by atoms with van der Waals surface area (Å²) in [5.41, 5.74) is 0. The molecule has 0 aromatic carbocycles. The van der Waals surface area contributed by atoms with Gasteiger partial charge >= 0.3 is 0 Å². The van der Waals surface area contributed by atoms with E-state index >= 15 is 0 Å². The van der Waals surface area contributed by atoms with Crippen molar-refractivity contribution in [1.29, 1.82) is 0 Å². The average molecular weight is 403 g/mol. The van der Waals surface area contributed by atoms with Gasteiger partial charge in [0.2, 0.25) is 0 Å². The summed E-state index contributed by atoms with van der Waals surface area (Å²) in [6, 6.07) is 0. The van der Waals surface area contributed by atoms with Gasteiger partial charge in [-0.15, -0.1) is 0 Å². The van der Waals surface area contributed by atoms with Crippen LogP contribution in [0.1, 0.15) is 149 Å². The van der Waals surface area contributed by atoms with E-state index < -0.39 is 0 Å². The van der Waals surface area contributed by atoms with Gasteiger partial charge in [-0.1, -0.05) is 136 Å². The van der Waals surface area contributed by atoms with Gasteiger partial charge in [0.05, 0.1) is 0 Å². The lowest BCUT2D eigenvalue weighted by molar-refractivity contribution is 0.203. The molecule has 4 saturated carbocycles. The minimum atomic E-state index is 1.03. The minimum Gasteiger partial charge on any atom is -0.0651 e. The minimum absolute atomic E-state index is 1.03. The van der Waals surface area contributed by atoms with Crippen molar-refractivity contribution < 1.29 is 0 Å². The molecule has 4 rings (SSSR count). The van der Waals surface area contributed by atoms with Crippen LogP contribution >= 0.6 is 0 Å². The van der Waals surface area contributed by atoms with E-state index in [1.807, 2.05) is 0 Å². The molecule has 0 radical (unpaired) electrons. The molecule has 3 unspecified atom stereocenters. The lowest BCUT2D eigenvalue weighted by Crippen LogP contribution is -2.20. The van der Waals surface area contributed by atoms with Crippen molar-refractivity contribution in [3.05, 3.63) is 0 Å². The van der Waals surface area contributed by atoms with Gasteiger partial charge in [0.25, 0.3) is 0 Å². The van der Waals surface area contributed by atoms with E-state index in [-0.39, 0.29) is 0 Å². The molecule has 0 heterocycles. The summed E-state index contributed by atoms with van der Waals surface area (Å²) in [6.07, 6.45) is 32.1. The second-order valence-electron chi connectivity index (χ2n) is 11.6. The van der Waals surface area contributed by atoms with Crippen molar-refractivity contribution in [2.24, 2.45) is 35.5 Å². The average Bonchev–Trinajstić information content (AvgIpc) is 3.22. The van der Waals surface area contributed by atoms with Gasteiger partial charge in [0, 0.05) is 0 Å². The van der Waals surface area contributed by atoms with Crippen LogP contribution in [0.5, 0.6) is 0 Å². The predicted molar refractivity (Wildman–Crippen MR) is 129 cm³/mol. The number of hydrogen-bond acceptors (Lipinski definition) is 0. The molecular formula is C29H54. The fourth-order valence-electron chi connectivity index (χ4n) is 7.67. The first-order chi connectivity index (χ1) is 14.3. The molecule has 4 aliphatic carbocycles. The summed E-state index contributed by atoms with van der Waals surface area (Å²) >= 11 is 0. The van der Waals surface area contributed by atoms with E-state index in [2.05, 4.69) is 13.8 Å². The molecule has 0 aromatic heterocycles. The summed E-state index contributed by atoms with van der Waals surface area (Å²) in [5.74, 6) is 6.52. The first kappa shape index (κ1) is 23.7. The summed E-state index contributed by atoms with van der Waals surface area (Å²) in [7, 11) is 0. The Morgan fingerprint density at radius 1 is 0.483 bits per heavy atom. The molecule has 3 atom stereocenters. The van der Waals surface area contributed by atoms with Crippen molar-refractivity contribution in [2.45, 2.75) is 149 Å².